The fourth-order valence-electron chi connectivity index (χ4n) is 4.44. The van der Waals surface area contributed by atoms with Crippen molar-refractivity contribution in [3.05, 3.63) is 58.6 Å². The van der Waals surface area contributed by atoms with Crippen LogP contribution in [0.2, 0.25) is 5.02 Å². The Balaban J connectivity index is 1.49. The number of quaternary nitrogens is 1. The van der Waals surface area contributed by atoms with Crippen molar-refractivity contribution < 1.29 is 14.5 Å². The number of nitrogens with zero attached hydrogens (tertiary/aromatic N) is 2. The average Bonchev–Trinajstić information content (AvgIpc) is 2.97. The molecule has 2 fully saturated rings. The maximum atomic E-state index is 13.2. The predicted octanol–water partition coefficient (Wildman–Crippen LogP) is 1.99. The molecule has 5 nitrogen and oxygen atoms in total. The summed E-state index contributed by atoms with van der Waals surface area (Å²) >= 11 is 6.33. The lowest BCUT2D eigenvalue weighted by molar-refractivity contribution is -0.915. The van der Waals surface area contributed by atoms with Gasteiger partial charge in [-0.2, -0.15) is 0 Å². The molecular formula is C22H25ClN3O2+. The van der Waals surface area contributed by atoms with Crippen LogP contribution in [0.3, 0.4) is 0 Å². The minimum atomic E-state index is -0.292. The summed E-state index contributed by atoms with van der Waals surface area (Å²) in [5, 5.41) is 0.749. The predicted molar refractivity (Wildman–Crippen MR) is 111 cm³/mol. The zero-order valence-corrected chi connectivity index (χ0v) is 17.0. The van der Waals surface area contributed by atoms with Crippen molar-refractivity contribution in [2.75, 3.05) is 36.0 Å². The third kappa shape index (κ3) is 3.29. The van der Waals surface area contributed by atoms with E-state index in [1.54, 1.807) is 0 Å². The molecule has 2 aromatic carbocycles. The molecule has 0 bridgehead atoms. The number of hydrogen-bond donors (Lipinski definition) is 1. The number of carbonyl (C=O) groups excluding carboxylic acids is 2. The molecule has 2 aromatic rings. The lowest BCUT2D eigenvalue weighted by Gasteiger charge is -2.36. The van der Waals surface area contributed by atoms with E-state index < -0.39 is 0 Å². The Hall–Kier alpha value is -2.37. The number of hydrogen-bond acceptors (Lipinski definition) is 3. The SMILES string of the molecule is Cc1cccc(C)c1N1C(=O)C[C@H]([NH+]2CCN(c3ccccc3Cl)CC2)C1=O. The maximum absolute atomic E-state index is 13.2. The molecule has 2 heterocycles. The zero-order valence-electron chi connectivity index (χ0n) is 16.2. The first-order chi connectivity index (χ1) is 13.5. The molecule has 0 saturated carbocycles. The average molecular weight is 399 g/mol. The van der Waals surface area contributed by atoms with Gasteiger partial charge in [-0.25, -0.2) is 4.90 Å². The summed E-state index contributed by atoms with van der Waals surface area (Å²) in [7, 11) is 0. The highest BCUT2D eigenvalue weighted by molar-refractivity contribution is 6.33. The number of imide groups is 1. The molecule has 0 aliphatic carbocycles. The van der Waals surface area contributed by atoms with Gasteiger partial charge in [0.1, 0.15) is 0 Å². The van der Waals surface area contributed by atoms with E-state index in [2.05, 4.69) is 4.90 Å². The minimum Gasteiger partial charge on any atom is -0.359 e. The third-order valence-electron chi connectivity index (χ3n) is 5.90. The molecule has 2 aliphatic rings. The summed E-state index contributed by atoms with van der Waals surface area (Å²) < 4.78 is 0. The highest BCUT2D eigenvalue weighted by Gasteiger charge is 2.47. The van der Waals surface area contributed by atoms with Gasteiger partial charge in [0.15, 0.2) is 6.04 Å². The molecule has 146 valence electrons. The number of anilines is 2. The number of amides is 2. The number of nitrogens with one attached hydrogen (secondary N) is 1. The van der Waals surface area contributed by atoms with Gasteiger partial charge >= 0.3 is 0 Å². The van der Waals surface area contributed by atoms with Crippen LogP contribution in [0.4, 0.5) is 11.4 Å². The second kappa shape index (κ2) is 7.57. The van der Waals surface area contributed by atoms with E-state index in [0.29, 0.717) is 0 Å². The van der Waals surface area contributed by atoms with Crippen LogP contribution in [0.15, 0.2) is 42.5 Å². The van der Waals surface area contributed by atoms with Gasteiger partial charge in [-0.1, -0.05) is 41.9 Å². The first-order valence-electron chi connectivity index (χ1n) is 9.74. The van der Waals surface area contributed by atoms with E-state index in [0.717, 1.165) is 53.7 Å². The van der Waals surface area contributed by atoms with Crippen molar-refractivity contribution in [1.29, 1.82) is 0 Å². The first kappa shape index (κ1) is 19.0. The van der Waals surface area contributed by atoms with E-state index >= 15 is 0 Å². The fraction of sp³-hybridized carbons (Fsp3) is 0.364. The van der Waals surface area contributed by atoms with Gasteiger partial charge in [0.05, 0.1) is 49.0 Å². The highest BCUT2D eigenvalue weighted by Crippen LogP contribution is 2.29. The van der Waals surface area contributed by atoms with E-state index in [1.165, 1.54) is 9.80 Å². The topological polar surface area (TPSA) is 45.1 Å². The van der Waals surface area contributed by atoms with Gasteiger partial charge in [0.25, 0.3) is 5.91 Å². The molecule has 2 amide bonds. The normalized spacial score (nSPS) is 20.9. The monoisotopic (exact) mass is 398 g/mol. The van der Waals surface area contributed by atoms with Crippen molar-refractivity contribution in [2.24, 2.45) is 0 Å². The van der Waals surface area contributed by atoms with Crippen LogP contribution in [0.1, 0.15) is 17.5 Å². The second-order valence-corrected chi connectivity index (χ2v) is 8.07. The molecule has 0 unspecified atom stereocenters. The van der Waals surface area contributed by atoms with Crippen LogP contribution in [-0.4, -0.2) is 44.0 Å². The molecule has 1 N–H and O–H groups in total. The molecule has 0 aromatic heterocycles. The lowest BCUT2D eigenvalue weighted by atomic mass is 10.1. The van der Waals surface area contributed by atoms with Gasteiger partial charge < -0.3 is 9.80 Å². The van der Waals surface area contributed by atoms with Crippen molar-refractivity contribution in [3.63, 3.8) is 0 Å². The summed E-state index contributed by atoms with van der Waals surface area (Å²) in [6.07, 6.45) is 0.286. The van der Waals surface area contributed by atoms with Gasteiger partial charge in [0, 0.05) is 0 Å². The Morgan fingerprint density at radius 1 is 0.964 bits per heavy atom. The number of aryl methyl sites for hydroxylation is 2. The van der Waals surface area contributed by atoms with Gasteiger partial charge in [-0.3, -0.25) is 9.59 Å². The van der Waals surface area contributed by atoms with Crippen molar-refractivity contribution >= 4 is 34.8 Å². The van der Waals surface area contributed by atoms with Crippen LogP contribution in [0.25, 0.3) is 0 Å². The Bertz CT molecular complexity index is 901. The number of piperazine rings is 1. The quantitative estimate of drug-likeness (QED) is 0.804. The van der Waals surface area contributed by atoms with E-state index in [1.807, 2.05) is 56.3 Å². The van der Waals surface area contributed by atoms with E-state index in [9.17, 15) is 9.59 Å². The summed E-state index contributed by atoms with van der Waals surface area (Å²) in [6.45, 7) is 7.17. The number of halogens is 1. The second-order valence-electron chi connectivity index (χ2n) is 7.66. The van der Waals surface area contributed by atoms with Crippen LogP contribution < -0.4 is 14.7 Å². The highest BCUT2D eigenvalue weighted by atomic mass is 35.5. The number of rotatable bonds is 3. The Labute approximate surface area is 170 Å². The molecule has 0 radical (unpaired) electrons. The van der Waals surface area contributed by atoms with Gasteiger partial charge in [-0.05, 0) is 37.1 Å². The van der Waals surface area contributed by atoms with Crippen LogP contribution >= 0.6 is 11.6 Å². The van der Waals surface area contributed by atoms with Crippen molar-refractivity contribution in [3.8, 4) is 0 Å². The Kier molecular flexibility index (Phi) is 5.13. The van der Waals surface area contributed by atoms with E-state index in [4.69, 9.17) is 11.6 Å². The summed E-state index contributed by atoms with van der Waals surface area (Å²) in [4.78, 5) is 30.8. The molecule has 6 heteroatoms. The Morgan fingerprint density at radius 2 is 1.61 bits per heavy atom. The molecule has 2 aliphatic heterocycles. The molecule has 1 atom stereocenters. The van der Waals surface area contributed by atoms with E-state index in [-0.39, 0.29) is 24.3 Å². The summed E-state index contributed by atoms with van der Waals surface area (Å²) in [6, 6.07) is 13.4. The number of carbonyl (C=O) groups is 2. The zero-order chi connectivity index (χ0) is 19.8. The van der Waals surface area contributed by atoms with Gasteiger partial charge in [0.2, 0.25) is 5.91 Å². The third-order valence-corrected chi connectivity index (χ3v) is 6.22. The minimum absolute atomic E-state index is 0.0661. The van der Waals surface area contributed by atoms with Crippen LogP contribution in [-0.2, 0) is 9.59 Å². The molecule has 28 heavy (non-hydrogen) atoms. The van der Waals surface area contributed by atoms with Crippen molar-refractivity contribution in [2.45, 2.75) is 26.3 Å². The molecule has 0 spiro atoms. The number of para-hydroxylation sites is 2. The smallest absolute Gasteiger partial charge is 0.292 e. The van der Waals surface area contributed by atoms with Crippen LogP contribution in [0, 0.1) is 13.8 Å². The molecular weight excluding hydrogens is 374 g/mol. The van der Waals surface area contributed by atoms with Crippen molar-refractivity contribution in [1.82, 2.24) is 0 Å². The number of benzene rings is 2. The first-order valence-corrected chi connectivity index (χ1v) is 10.1. The molecule has 2 saturated heterocycles. The largest absolute Gasteiger partial charge is 0.359 e. The van der Waals surface area contributed by atoms with Crippen LogP contribution in [0.5, 0.6) is 0 Å². The maximum Gasteiger partial charge on any atom is 0.292 e. The molecule has 4 rings (SSSR count). The fourth-order valence-corrected chi connectivity index (χ4v) is 4.69. The Morgan fingerprint density at radius 3 is 2.25 bits per heavy atom. The standard InChI is InChI=1S/C22H24ClN3O2/c1-15-6-5-7-16(2)21(15)26-20(27)14-19(22(26)28)25-12-10-24(11-13-25)18-9-4-3-8-17(18)23/h3-9,19H,10-14H2,1-2H3/p+1/t19-/m0/s1. The summed E-state index contributed by atoms with van der Waals surface area (Å²) in [5.74, 6) is -0.156. The van der Waals surface area contributed by atoms with Gasteiger partial charge in [-0.15, -0.1) is 0 Å². The lowest BCUT2D eigenvalue weighted by Crippen LogP contribution is -3.19. The summed E-state index contributed by atoms with van der Waals surface area (Å²) in [5.41, 5.74) is 3.71.